The molecule has 0 radical (unpaired) electrons. The van der Waals surface area contributed by atoms with E-state index in [9.17, 15) is 8.42 Å². The van der Waals surface area contributed by atoms with Crippen molar-refractivity contribution in [2.75, 3.05) is 33.9 Å². The smallest absolute Gasteiger partial charge is 0.297 e. The van der Waals surface area contributed by atoms with Gasteiger partial charge in [0.25, 0.3) is 10.1 Å². The highest BCUT2D eigenvalue weighted by atomic mass is 32.2. The van der Waals surface area contributed by atoms with Crippen molar-refractivity contribution in [3.05, 3.63) is 29.8 Å². The molecule has 5 nitrogen and oxygen atoms in total. The van der Waals surface area contributed by atoms with Gasteiger partial charge in [0.05, 0.1) is 38.7 Å². The Bertz CT molecular complexity index is 692. The van der Waals surface area contributed by atoms with E-state index in [4.69, 9.17) is 5.11 Å². The van der Waals surface area contributed by atoms with Crippen LogP contribution in [0.4, 0.5) is 0 Å². The molecule has 0 atom stereocenters. The Morgan fingerprint density at radius 2 is 1.17 bits per heavy atom. The van der Waals surface area contributed by atoms with Crippen LogP contribution < -0.4 is 4.90 Å². The fourth-order valence-electron chi connectivity index (χ4n) is 4.07. The summed E-state index contributed by atoms with van der Waals surface area (Å²) in [6.45, 7) is 4.81. The van der Waals surface area contributed by atoms with E-state index >= 15 is 0 Å². The SMILES string of the molecule is CCCCCCCCCCCCCCCCCC[NH+](C)C.Cc1ccccc1S(=O)(=O)OCCO. The minimum atomic E-state index is -3.71. The van der Waals surface area contributed by atoms with Gasteiger partial charge in [0, 0.05) is 0 Å². The summed E-state index contributed by atoms with van der Waals surface area (Å²) in [6.07, 6.45) is 23.4. The van der Waals surface area contributed by atoms with E-state index in [0.29, 0.717) is 5.56 Å². The second kappa shape index (κ2) is 23.4. The molecule has 0 fully saturated rings. The first-order valence-corrected chi connectivity index (χ1v) is 15.6. The first-order chi connectivity index (χ1) is 16.8. The van der Waals surface area contributed by atoms with Crippen LogP contribution in [0.3, 0.4) is 0 Å². The number of hydrogen-bond acceptors (Lipinski definition) is 4. The van der Waals surface area contributed by atoms with Crippen LogP contribution in [0, 0.1) is 6.92 Å². The fraction of sp³-hybridized carbons (Fsp3) is 0.793. The zero-order valence-corrected chi connectivity index (χ0v) is 24.1. The second-order valence-corrected chi connectivity index (χ2v) is 11.6. The zero-order valence-electron chi connectivity index (χ0n) is 23.3. The minimum absolute atomic E-state index is 0.147. The molecule has 0 saturated carbocycles. The van der Waals surface area contributed by atoms with Crippen molar-refractivity contribution < 1.29 is 22.6 Å². The predicted octanol–water partition coefficient (Wildman–Crippen LogP) is 6.09. The Labute approximate surface area is 217 Å². The normalized spacial score (nSPS) is 11.5. The largest absolute Gasteiger partial charge is 0.394 e. The summed E-state index contributed by atoms with van der Waals surface area (Å²) >= 11 is 0. The molecule has 0 spiro atoms. The van der Waals surface area contributed by atoms with Crippen LogP contribution in [0.15, 0.2) is 29.2 Å². The van der Waals surface area contributed by atoms with Crippen LogP contribution in [-0.4, -0.2) is 47.4 Å². The van der Waals surface area contributed by atoms with Crippen LogP contribution in [0.1, 0.15) is 115 Å². The molecule has 1 aromatic carbocycles. The summed E-state index contributed by atoms with van der Waals surface area (Å²) < 4.78 is 27.5. The van der Waals surface area contributed by atoms with Gasteiger partial charge in [-0.2, -0.15) is 8.42 Å². The first-order valence-electron chi connectivity index (χ1n) is 14.2. The molecule has 2 N–H and O–H groups in total. The van der Waals surface area contributed by atoms with Gasteiger partial charge in [-0.05, 0) is 31.4 Å². The van der Waals surface area contributed by atoms with E-state index in [1.807, 2.05) is 0 Å². The van der Waals surface area contributed by atoms with Crippen molar-refractivity contribution in [3.8, 4) is 0 Å². The van der Waals surface area contributed by atoms with Crippen molar-refractivity contribution in [1.82, 2.24) is 0 Å². The Morgan fingerprint density at radius 1 is 0.743 bits per heavy atom. The average Bonchev–Trinajstić information content (AvgIpc) is 2.83. The van der Waals surface area contributed by atoms with Gasteiger partial charge in [0.2, 0.25) is 0 Å². The van der Waals surface area contributed by atoms with Crippen LogP contribution >= 0.6 is 0 Å². The van der Waals surface area contributed by atoms with E-state index < -0.39 is 10.1 Å². The molecule has 6 heteroatoms. The number of aliphatic hydroxyl groups excluding tert-OH is 1. The van der Waals surface area contributed by atoms with Crippen molar-refractivity contribution >= 4 is 10.1 Å². The van der Waals surface area contributed by atoms with E-state index in [1.165, 1.54) is 115 Å². The lowest BCUT2D eigenvalue weighted by Gasteiger charge is -2.06. The summed E-state index contributed by atoms with van der Waals surface area (Å²) in [5.74, 6) is 0. The van der Waals surface area contributed by atoms with Crippen LogP contribution in [0.5, 0.6) is 0 Å². The number of aryl methyl sites for hydroxylation is 1. The van der Waals surface area contributed by atoms with Gasteiger partial charge >= 0.3 is 0 Å². The Kier molecular flexibility index (Phi) is 22.8. The molecule has 0 aliphatic carbocycles. The van der Waals surface area contributed by atoms with Gasteiger partial charge in [-0.25, -0.2) is 0 Å². The summed E-state index contributed by atoms with van der Waals surface area (Å²) in [5.41, 5.74) is 0.630. The zero-order chi connectivity index (χ0) is 26.2. The van der Waals surface area contributed by atoms with Crippen molar-refractivity contribution in [2.24, 2.45) is 0 Å². The maximum Gasteiger partial charge on any atom is 0.297 e. The van der Waals surface area contributed by atoms with E-state index in [2.05, 4.69) is 25.2 Å². The van der Waals surface area contributed by atoms with Gasteiger partial charge in [-0.3, -0.25) is 4.18 Å². The molecular formula is C29H56NO4S+. The Balaban J connectivity index is 0.000000712. The molecule has 1 aromatic rings. The Hall–Kier alpha value is -0.950. The van der Waals surface area contributed by atoms with Crippen LogP contribution in [-0.2, 0) is 14.3 Å². The van der Waals surface area contributed by atoms with E-state index in [0.717, 1.165) is 0 Å². The minimum Gasteiger partial charge on any atom is -0.394 e. The number of quaternary nitrogens is 1. The number of rotatable bonds is 21. The third-order valence-electron chi connectivity index (χ3n) is 6.22. The average molecular weight is 515 g/mol. The summed E-state index contributed by atoms with van der Waals surface area (Å²) in [5, 5.41) is 8.46. The topological polar surface area (TPSA) is 68.0 Å². The molecule has 35 heavy (non-hydrogen) atoms. The maximum atomic E-state index is 11.5. The van der Waals surface area contributed by atoms with Crippen LogP contribution in [0.2, 0.25) is 0 Å². The molecule has 206 valence electrons. The Morgan fingerprint density at radius 3 is 1.57 bits per heavy atom. The molecule has 0 amide bonds. The molecular weight excluding hydrogens is 458 g/mol. The first kappa shape index (κ1) is 34.0. The third-order valence-corrected chi connectivity index (χ3v) is 7.70. The van der Waals surface area contributed by atoms with Gasteiger partial charge in [-0.15, -0.1) is 0 Å². The van der Waals surface area contributed by atoms with Gasteiger partial charge in [0.15, 0.2) is 0 Å². The lowest BCUT2D eigenvalue weighted by molar-refractivity contribution is -0.858. The highest BCUT2D eigenvalue weighted by Gasteiger charge is 2.16. The fourth-order valence-corrected chi connectivity index (χ4v) is 5.20. The summed E-state index contributed by atoms with van der Waals surface area (Å²) in [7, 11) is 0.797. The summed E-state index contributed by atoms with van der Waals surface area (Å²) in [4.78, 5) is 1.74. The molecule has 1 rings (SSSR count). The monoisotopic (exact) mass is 514 g/mol. The molecule has 0 aromatic heterocycles. The number of unbranched alkanes of at least 4 members (excludes halogenated alkanes) is 15. The van der Waals surface area contributed by atoms with Crippen molar-refractivity contribution in [3.63, 3.8) is 0 Å². The van der Waals surface area contributed by atoms with Gasteiger partial charge in [-0.1, -0.05) is 115 Å². The van der Waals surface area contributed by atoms with Gasteiger partial charge in [0.1, 0.15) is 0 Å². The van der Waals surface area contributed by atoms with E-state index in [-0.39, 0.29) is 18.1 Å². The van der Waals surface area contributed by atoms with Gasteiger partial charge < -0.3 is 10.0 Å². The van der Waals surface area contributed by atoms with Crippen LogP contribution in [0.25, 0.3) is 0 Å². The molecule has 0 heterocycles. The molecule has 0 aliphatic rings. The lowest BCUT2D eigenvalue weighted by Crippen LogP contribution is -3.05. The highest BCUT2D eigenvalue weighted by molar-refractivity contribution is 7.86. The standard InChI is InChI=1S/C20H43N.C9H12O4S/c1-4-5-6-7-8-9-10-11-12-13-14-15-16-17-18-19-20-21(2)3;1-8-4-2-3-5-9(8)14(11,12)13-7-6-10/h4-20H2,1-3H3;2-5,10H,6-7H2,1H3/p+1. The van der Waals surface area contributed by atoms with Crippen molar-refractivity contribution in [1.29, 1.82) is 0 Å². The predicted molar refractivity (Wildman–Crippen MR) is 149 cm³/mol. The molecule has 0 aliphatic heterocycles. The number of nitrogens with one attached hydrogen (secondary N) is 1. The summed E-state index contributed by atoms with van der Waals surface area (Å²) in [6, 6.07) is 6.54. The number of benzene rings is 1. The quantitative estimate of drug-likeness (QED) is 0.154. The lowest BCUT2D eigenvalue weighted by atomic mass is 10.0. The third kappa shape index (κ3) is 20.9. The maximum absolute atomic E-state index is 11.5. The van der Waals surface area contributed by atoms with E-state index in [1.54, 1.807) is 30.0 Å². The molecule has 0 unspecified atom stereocenters. The highest BCUT2D eigenvalue weighted by Crippen LogP contribution is 2.16. The second-order valence-electron chi connectivity index (χ2n) is 10.0. The molecule has 0 bridgehead atoms. The number of aliphatic hydroxyl groups is 1. The number of hydrogen-bond donors (Lipinski definition) is 2. The van der Waals surface area contributed by atoms with Crippen molar-refractivity contribution in [2.45, 2.75) is 121 Å². The molecule has 0 saturated heterocycles.